The van der Waals surface area contributed by atoms with Crippen molar-refractivity contribution in [2.24, 2.45) is 5.92 Å². The standard InChI is InChI=1S/C27H36FNO3.ClH/c1-2-3-4-5-6-7-15-29-16-14-25(21-8-10-23(28)11-9-21)22(18-29)19-30-24-12-13-26-27(17-24)32-20-31-26;/h8-13,17,22,25H,2-7,14-16,18-20H2,1H3;1H/t22-,25-;/m1./s1. The number of hydrogen-bond donors (Lipinski definition) is 0. The van der Waals surface area contributed by atoms with Crippen LogP contribution >= 0.6 is 12.4 Å². The van der Waals surface area contributed by atoms with Gasteiger partial charge in [-0.25, -0.2) is 4.39 Å². The van der Waals surface area contributed by atoms with Crippen molar-refractivity contribution < 1.29 is 18.6 Å². The highest BCUT2D eigenvalue weighted by Crippen LogP contribution is 2.37. The summed E-state index contributed by atoms with van der Waals surface area (Å²) in [6.07, 6.45) is 9.00. The summed E-state index contributed by atoms with van der Waals surface area (Å²) in [4.78, 5) is 2.59. The van der Waals surface area contributed by atoms with Crippen LogP contribution in [-0.4, -0.2) is 37.9 Å². The molecule has 2 aromatic rings. The first-order valence-corrected chi connectivity index (χ1v) is 12.2. The zero-order valence-electron chi connectivity index (χ0n) is 19.6. The first-order chi connectivity index (χ1) is 15.7. The van der Waals surface area contributed by atoms with Gasteiger partial charge in [-0.15, -0.1) is 12.4 Å². The highest BCUT2D eigenvalue weighted by molar-refractivity contribution is 5.85. The third-order valence-electron chi connectivity index (χ3n) is 6.75. The van der Waals surface area contributed by atoms with Gasteiger partial charge in [-0.2, -0.15) is 0 Å². The zero-order valence-corrected chi connectivity index (χ0v) is 20.5. The topological polar surface area (TPSA) is 30.9 Å². The van der Waals surface area contributed by atoms with Crippen molar-refractivity contribution in [1.29, 1.82) is 0 Å². The van der Waals surface area contributed by atoms with Crippen LogP contribution in [0.25, 0.3) is 0 Å². The van der Waals surface area contributed by atoms with Crippen LogP contribution in [0, 0.1) is 11.7 Å². The van der Waals surface area contributed by atoms with Crippen molar-refractivity contribution in [3.8, 4) is 17.2 Å². The van der Waals surface area contributed by atoms with Gasteiger partial charge in [0.1, 0.15) is 11.6 Å². The van der Waals surface area contributed by atoms with Crippen molar-refractivity contribution in [3.05, 3.63) is 53.8 Å². The molecule has 0 amide bonds. The van der Waals surface area contributed by atoms with E-state index in [9.17, 15) is 4.39 Å². The second-order valence-electron chi connectivity index (χ2n) is 9.10. The predicted octanol–water partition coefficient (Wildman–Crippen LogP) is 6.82. The number of piperidine rings is 1. The summed E-state index contributed by atoms with van der Waals surface area (Å²) in [5, 5.41) is 0. The van der Waals surface area contributed by atoms with Crippen molar-refractivity contribution in [3.63, 3.8) is 0 Å². The number of benzene rings is 2. The molecule has 1 saturated heterocycles. The number of likely N-dealkylation sites (tertiary alicyclic amines) is 1. The third kappa shape index (κ3) is 7.25. The van der Waals surface area contributed by atoms with Gasteiger partial charge >= 0.3 is 0 Å². The Morgan fingerprint density at radius 1 is 0.970 bits per heavy atom. The van der Waals surface area contributed by atoms with Gasteiger partial charge in [0.25, 0.3) is 0 Å². The number of nitrogens with zero attached hydrogens (tertiary/aromatic N) is 1. The molecular weight excluding hydrogens is 441 g/mol. The molecule has 0 aliphatic carbocycles. The molecule has 0 spiro atoms. The summed E-state index contributed by atoms with van der Waals surface area (Å²) in [5.74, 6) is 2.88. The maximum Gasteiger partial charge on any atom is 0.231 e. The van der Waals surface area contributed by atoms with Gasteiger partial charge in [0.15, 0.2) is 11.5 Å². The van der Waals surface area contributed by atoms with Crippen LogP contribution in [0.3, 0.4) is 0 Å². The number of unbranched alkanes of at least 4 members (excludes halogenated alkanes) is 5. The summed E-state index contributed by atoms with van der Waals surface area (Å²) < 4.78 is 30.6. The van der Waals surface area contributed by atoms with Crippen molar-refractivity contribution in [1.82, 2.24) is 4.90 Å². The largest absolute Gasteiger partial charge is 0.493 e. The van der Waals surface area contributed by atoms with Crippen molar-refractivity contribution >= 4 is 12.4 Å². The monoisotopic (exact) mass is 477 g/mol. The Kier molecular flexibility index (Phi) is 10.1. The van der Waals surface area contributed by atoms with E-state index in [4.69, 9.17) is 14.2 Å². The number of fused-ring (bicyclic) bond motifs is 1. The summed E-state index contributed by atoms with van der Waals surface area (Å²) >= 11 is 0. The SMILES string of the molecule is CCCCCCCCN1CC[C@H](c2ccc(F)cc2)[C@@H](COc2ccc3c(c2)OCO3)C1.Cl. The van der Waals surface area contributed by atoms with Gasteiger partial charge in [-0.05, 0) is 61.7 Å². The average Bonchev–Trinajstić information content (AvgIpc) is 3.29. The molecule has 0 N–H and O–H groups in total. The molecule has 0 radical (unpaired) electrons. The zero-order chi connectivity index (χ0) is 22.2. The molecule has 33 heavy (non-hydrogen) atoms. The van der Waals surface area contributed by atoms with Gasteiger partial charge in [0, 0.05) is 18.5 Å². The second-order valence-corrected chi connectivity index (χ2v) is 9.10. The first-order valence-electron chi connectivity index (χ1n) is 12.2. The molecular formula is C27H37ClFNO3. The Balaban J connectivity index is 0.00000306. The van der Waals surface area contributed by atoms with E-state index in [1.807, 2.05) is 30.3 Å². The minimum Gasteiger partial charge on any atom is -0.493 e. The molecule has 0 aromatic heterocycles. The number of hydrogen-bond acceptors (Lipinski definition) is 4. The molecule has 0 bridgehead atoms. The summed E-state index contributed by atoms with van der Waals surface area (Å²) in [5.41, 5.74) is 1.21. The fourth-order valence-corrected chi connectivity index (χ4v) is 4.91. The van der Waals surface area contributed by atoms with Crippen LogP contribution in [0.4, 0.5) is 4.39 Å². The molecule has 2 atom stereocenters. The fraction of sp³-hybridized carbons (Fsp3) is 0.556. The molecule has 2 aromatic carbocycles. The molecule has 2 aliphatic heterocycles. The van der Waals surface area contributed by atoms with Crippen molar-refractivity contribution in [2.75, 3.05) is 33.0 Å². The van der Waals surface area contributed by atoms with Gasteiger partial charge < -0.3 is 19.1 Å². The summed E-state index contributed by atoms with van der Waals surface area (Å²) in [6, 6.07) is 12.8. The minimum atomic E-state index is -0.178. The van der Waals surface area contributed by atoms with E-state index < -0.39 is 0 Å². The molecule has 182 valence electrons. The van der Waals surface area contributed by atoms with Crippen LogP contribution in [0.5, 0.6) is 17.2 Å². The first kappa shape index (κ1) is 25.6. The predicted molar refractivity (Wildman–Crippen MR) is 132 cm³/mol. The maximum atomic E-state index is 13.5. The number of halogens is 2. The quantitative estimate of drug-likeness (QED) is 0.332. The van der Waals surface area contributed by atoms with Gasteiger partial charge in [-0.1, -0.05) is 51.2 Å². The maximum absolute atomic E-state index is 13.5. The summed E-state index contributed by atoms with van der Waals surface area (Å²) in [6.45, 7) is 6.43. The molecule has 0 unspecified atom stereocenters. The normalized spacial score (nSPS) is 19.8. The Hall–Kier alpha value is -1.98. The van der Waals surface area contributed by atoms with Crippen LogP contribution in [0.15, 0.2) is 42.5 Å². The molecule has 2 heterocycles. The lowest BCUT2D eigenvalue weighted by atomic mass is 9.80. The van der Waals surface area contributed by atoms with Gasteiger partial charge in [-0.3, -0.25) is 0 Å². The van der Waals surface area contributed by atoms with Crippen molar-refractivity contribution in [2.45, 2.75) is 57.8 Å². The molecule has 0 saturated carbocycles. The summed E-state index contributed by atoms with van der Waals surface area (Å²) in [7, 11) is 0. The third-order valence-corrected chi connectivity index (χ3v) is 6.75. The highest BCUT2D eigenvalue weighted by Gasteiger charge is 2.31. The van der Waals surface area contributed by atoms with E-state index in [1.165, 1.54) is 44.1 Å². The molecule has 4 rings (SSSR count). The molecule has 1 fully saturated rings. The average molecular weight is 478 g/mol. The molecule has 4 nitrogen and oxygen atoms in total. The Morgan fingerprint density at radius 3 is 2.55 bits per heavy atom. The van der Waals surface area contributed by atoms with E-state index in [2.05, 4.69) is 11.8 Å². The fourth-order valence-electron chi connectivity index (χ4n) is 4.91. The van der Waals surface area contributed by atoms with E-state index in [0.29, 0.717) is 18.4 Å². The lowest BCUT2D eigenvalue weighted by Crippen LogP contribution is -2.42. The van der Waals surface area contributed by atoms with E-state index in [1.54, 1.807) is 12.1 Å². The van der Waals surface area contributed by atoms with Crippen LogP contribution < -0.4 is 14.2 Å². The minimum absolute atomic E-state index is 0. The van der Waals surface area contributed by atoms with E-state index in [0.717, 1.165) is 43.3 Å². The van der Waals surface area contributed by atoms with Gasteiger partial charge in [0.05, 0.1) is 6.61 Å². The second kappa shape index (κ2) is 13.0. The Labute approximate surface area is 203 Å². The number of ether oxygens (including phenoxy) is 3. The number of rotatable bonds is 11. The van der Waals surface area contributed by atoms with Crippen LogP contribution in [0.2, 0.25) is 0 Å². The smallest absolute Gasteiger partial charge is 0.231 e. The van der Waals surface area contributed by atoms with E-state index in [-0.39, 0.29) is 25.0 Å². The highest BCUT2D eigenvalue weighted by atomic mass is 35.5. The van der Waals surface area contributed by atoms with Crippen LogP contribution in [-0.2, 0) is 0 Å². The Bertz CT molecular complexity index is 848. The lowest BCUT2D eigenvalue weighted by molar-refractivity contribution is 0.109. The molecule has 6 heteroatoms. The van der Waals surface area contributed by atoms with E-state index >= 15 is 0 Å². The lowest BCUT2D eigenvalue weighted by Gasteiger charge is -2.39. The van der Waals surface area contributed by atoms with Gasteiger partial charge in [0.2, 0.25) is 6.79 Å². The Morgan fingerprint density at radius 2 is 1.73 bits per heavy atom. The van der Waals surface area contributed by atoms with Crippen LogP contribution in [0.1, 0.15) is 63.4 Å². The molecule has 2 aliphatic rings.